The van der Waals surface area contributed by atoms with Crippen molar-refractivity contribution in [2.24, 2.45) is 0 Å². The van der Waals surface area contributed by atoms with Crippen molar-refractivity contribution in [1.29, 1.82) is 0 Å². The lowest BCUT2D eigenvalue weighted by atomic mass is 10.1. The van der Waals surface area contributed by atoms with E-state index in [2.05, 4.69) is 28.2 Å². The molecule has 2 aromatic carbocycles. The standard InChI is InChI=1S/C17H19BrFNO/c1-3-8-20-11-13-10-15(19)5-7-17(13)21-16-6-4-14(18)9-12(16)2/h4-7,9-10,20H,3,8,11H2,1-2H3. The Morgan fingerprint density at radius 1 is 1.14 bits per heavy atom. The lowest BCUT2D eigenvalue weighted by molar-refractivity contribution is 0.466. The smallest absolute Gasteiger partial charge is 0.132 e. The molecule has 0 aliphatic rings. The van der Waals surface area contributed by atoms with Crippen LogP contribution in [0.5, 0.6) is 11.5 Å². The first-order valence-corrected chi connectivity index (χ1v) is 7.82. The van der Waals surface area contributed by atoms with E-state index in [0.29, 0.717) is 12.3 Å². The lowest BCUT2D eigenvalue weighted by Crippen LogP contribution is -2.14. The van der Waals surface area contributed by atoms with E-state index < -0.39 is 0 Å². The molecule has 0 heterocycles. The number of ether oxygens (including phenoxy) is 1. The van der Waals surface area contributed by atoms with Crippen LogP contribution in [-0.4, -0.2) is 6.54 Å². The van der Waals surface area contributed by atoms with Crippen LogP contribution in [-0.2, 0) is 6.54 Å². The molecular weight excluding hydrogens is 333 g/mol. The van der Waals surface area contributed by atoms with Gasteiger partial charge in [-0.3, -0.25) is 0 Å². The summed E-state index contributed by atoms with van der Waals surface area (Å²) in [6.07, 6.45) is 1.04. The van der Waals surface area contributed by atoms with Gasteiger partial charge in [-0.15, -0.1) is 0 Å². The fraction of sp³-hybridized carbons (Fsp3) is 0.294. The van der Waals surface area contributed by atoms with Gasteiger partial charge in [0.25, 0.3) is 0 Å². The van der Waals surface area contributed by atoms with Crippen LogP contribution in [0.4, 0.5) is 4.39 Å². The van der Waals surface area contributed by atoms with Gasteiger partial charge < -0.3 is 10.1 Å². The van der Waals surface area contributed by atoms with Crippen molar-refractivity contribution in [3.8, 4) is 11.5 Å². The molecule has 21 heavy (non-hydrogen) atoms. The van der Waals surface area contributed by atoms with Crippen molar-refractivity contribution in [3.05, 3.63) is 57.8 Å². The first-order chi connectivity index (χ1) is 10.1. The predicted molar refractivity (Wildman–Crippen MR) is 87.4 cm³/mol. The monoisotopic (exact) mass is 351 g/mol. The summed E-state index contributed by atoms with van der Waals surface area (Å²) in [5.74, 6) is 1.22. The lowest BCUT2D eigenvalue weighted by Gasteiger charge is -2.14. The fourth-order valence-corrected chi connectivity index (χ4v) is 2.51. The van der Waals surface area contributed by atoms with Gasteiger partial charge in [0.15, 0.2) is 0 Å². The zero-order valence-corrected chi connectivity index (χ0v) is 13.8. The van der Waals surface area contributed by atoms with Crippen molar-refractivity contribution in [2.45, 2.75) is 26.8 Å². The Kier molecular flexibility index (Phi) is 5.76. The zero-order chi connectivity index (χ0) is 15.2. The highest BCUT2D eigenvalue weighted by molar-refractivity contribution is 9.10. The summed E-state index contributed by atoms with van der Waals surface area (Å²) in [6, 6.07) is 10.5. The van der Waals surface area contributed by atoms with Crippen molar-refractivity contribution < 1.29 is 9.13 Å². The molecule has 0 unspecified atom stereocenters. The third-order valence-corrected chi connectivity index (χ3v) is 3.61. The third-order valence-electron chi connectivity index (χ3n) is 3.12. The molecule has 0 saturated carbocycles. The maximum Gasteiger partial charge on any atom is 0.132 e. The quantitative estimate of drug-likeness (QED) is 0.723. The normalized spacial score (nSPS) is 10.7. The average molecular weight is 352 g/mol. The number of benzene rings is 2. The second-order valence-electron chi connectivity index (χ2n) is 4.94. The van der Waals surface area contributed by atoms with E-state index >= 15 is 0 Å². The van der Waals surface area contributed by atoms with Gasteiger partial charge in [0.05, 0.1) is 0 Å². The Bertz CT molecular complexity index is 616. The van der Waals surface area contributed by atoms with Crippen molar-refractivity contribution in [2.75, 3.05) is 6.54 Å². The van der Waals surface area contributed by atoms with Crippen molar-refractivity contribution in [1.82, 2.24) is 5.32 Å². The van der Waals surface area contributed by atoms with E-state index in [-0.39, 0.29) is 5.82 Å². The Morgan fingerprint density at radius 2 is 1.90 bits per heavy atom. The molecule has 0 aromatic heterocycles. The largest absolute Gasteiger partial charge is 0.457 e. The summed E-state index contributed by atoms with van der Waals surface area (Å²) >= 11 is 3.43. The van der Waals surface area contributed by atoms with Crippen LogP contribution in [0.15, 0.2) is 40.9 Å². The van der Waals surface area contributed by atoms with E-state index in [4.69, 9.17) is 4.74 Å². The second kappa shape index (κ2) is 7.57. The summed E-state index contributed by atoms with van der Waals surface area (Å²) in [6.45, 7) is 5.57. The molecule has 0 fully saturated rings. The number of aryl methyl sites for hydroxylation is 1. The minimum absolute atomic E-state index is 0.247. The van der Waals surface area contributed by atoms with Gasteiger partial charge in [0.2, 0.25) is 0 Å². The highest BCUT2D eigenvalue weighted by atomic mass is 79.9. The second-order valence-corrected chi connectivity index (χ2v) is 5.86. The van der Waals surface area contributed by atoms with Crippen LogP contribution in [0, 0.1) is 12.7 Å². The molecule has 4 heteroatoms. The molecule has 0 radical (unpaired) electrons. The topological polar surface area (TPSA) is 21.3 Å². The summed E-state index contributed by atoms with van der Waals surface area (Å²) < 4.78 is 20.4. The zero-order valence-electron chi connectivity index (χ0n) is 12.2. The number of halogens is 2. The number of hydrogen-bond acceptors (Lipinski definition) is 2. The van der Waals surface area contributed by atoms with Gasteiger partial charge in [-0.2, -0.15) is 0 Å². The molecular formula is C17H19BrFNO. The summed E-state index contributed by atoms with van der Waals surface area (Å²) in [4.78, 5) is 0. The van der Waals surface area contributed by atoms with E-state index in [1.807, 2.05) is 25.1 Å². The van der Waals surface area contributed by atoms with Gasteiger partial charge in [-0.25, -0.2) is 4.39 Å². The molecule has 2 aromatic rings. The van der Waals surface area contributed by atoms with Crippen LogP contribution in [0.2, 0.25) is 0 Å². The van der Waals surface area contributed by atoms with Gasteiger partial charge in [-0.1, -0.05) is 22.9 Å². The molecule has 0 aliphatic heterocycles. The molecule has 0 amide bonds. The van der Waals surface area contributed by atoms with E-state index in [0.717, 1.165) is 34.3 Å². The van der Waals surface area contributed by atoms with Crippen LogP contribution in [0.3, 0.4) is 0 Å². The van der Waals surface area contributed by atoms with Crippen LogP contribution >= 0.6 is 15.9 Å². The summed E-state index contributed by atoms with van der Waals surface area (Å²) in [7, 11) is 0. The highest BCUT2D eigenvalue weighted by Gasteiger charge is 2.08. The third kappa shape index (κ3) is 4.55. The van der Waals surface area contributed by atoms with Crippen LogP contribution in [0.1, 0.15) is 24.5 Å². The van der Waals surface area contributed by atoms with E-state index in [1.54, 1.807) is 6.07 Å². The maximum absolute atomic E-state index is 13.4. The van der Waals surface area contributed by atoms with Crippen LogP contribution < -0.4 is 10.1 Å². The summed E-state index contributed by atoms with van der Waals surface area (Å²) in [5.41, 5.74) is 1.85. The average Bonchev–Trinajstić information content (AvgIpc) is 2.44. The summed E-state index contributed by atoms with van der Waals surface area (Å²) in [5, 5.41) is 3.27. The van der Waals surface area contributed by atoms with Crippen LogP contribution in [0.25, 0.3) is 0 Å². The minimum atomic E-state index is -0.247. The molecule has 2 rings (SSSR count). The number of hydrogen-bond donors (Lipinski definition) is 1. The van der Waals surface area contributed by atoms with E-state index in [1.165, 1.54) is 12.1 Å². The molecule has 0 atom stereocenters. The van der Waals surface area contributed by atoms with Gasteiger partial charge in [-0.05, 0) is 61.9 Å². The predicted octanol–water partition coefficient (Wildman–Crippen LogP) is 5.19. The Morgan fingerprint density at radius 3 is 2.62 bits per heavy atom. The van der Waals surface area contributed by atoms with Gasteiger partial charge >= 0.3 is 0 Å². The first-order valence-electron chi connectivity index (χ1n) is 7.03. The van der Waals surface area contributed by atoms with Crippen molar-refractivity contribution >= 4 is 15.9 Å². The number of rotatable bonds is 6. The maximum atomic E-state index is 13.4. The number of nitrogens with one attached hydrogen (secondary N) is 1. The van der Waals surface area contributed by atoms with Gasteiger partial charge in [0.1, 0.15) is 17.3 Å². The molecule has 2 nitrogen and oxygen atoms in total. The minimum Gasteiger partial charge on any atom is -0.457 e. The molecule has 0 bridgehead atoms. The molecule has 0 saturated heterocycles. The Hall–Kier alpha value is -1.39. The Labute approximate surface area is 133 Å². The van der Waals surface area contributed by atoms with Gasteiger partial charge in [0, 0.05) is 16.6 Å². The molecule has 1 N–H and O–H groups in total. The van der Waals surface area contributed by atoms with E-state index in [9.17, 15) is 4.39 Å². The Balaban J connectivity index is 2.22. The SMILES string of the molecule is CCCNCc1cc(F)ccc1Oc1ccc(Br)cc1C. The molecule has 0 spiro atoms. The first kappa shape index (κ1) is 16.0. The molecule has 112 valence electrons. The van der Waals surface area contributed by atoms with Crippen molar-refractivity contribution in [3.63, 3.8) is 0 Å². The highest BCUT2D eigenvalue weighted by Crippen LogP contribution is 2.30. The molecule has 0 aliphatic carbocycles. The fourth-order valence-electron chi connectivity index (χ4n) is 2.03.